The number of pyridine rings is 1. The van der Waals surface area contributed by atoms with Crippen molar-refractivity contribution in [2.24, 2.45) is 0 Å². The van der Waals surface area contributed by atoms with Gasteiger partial charge >= 0.3 is 12.4 Å². The standard InChI is InChI=1S/C29H27F6N5/c1-2-21-6-3-4-15-40(21)17-25-38-24-16-18(26-23(29(33,34)35)7-5-14-36-26)8-13-22(24)27(39-25)37-20-11-9-19(10-12-20)28(30,31)32/h5,7-14,16,21H,2-4,6,15,17H2,1H3,(H,37,38,39). The molecule has 1 saturated heterocycles. The normalized spacial score (nSPS) is 16.8. The molecule has 210 valence electrons. The van der Waals surface area contributed by atoms with Crippen LogP contribution in [0.2, 0.25) is 0 Å². The Morgan fingerprint density at radius 1 is 0.925 bits per heavy atom. The third kappa shape index (κ3) is 6.04. The van der Waals surface area contributed by atoms with E-state index in [4.69, 9.17) is 9.97 Å². The summed E-state index contributed by atoms with van der Waals surface area (Å²) in [6.45, 7) is 3.45. The van der Waals surface area contributed by atoms with Crippen molar-refractivity contribution in [3.05, 3.63) is 77.7 Å². The fourth-order valence-electron chi connectivity index (χ4n) is 5.15. The van der Waals surface area contributed by atoms with E-state index < -0.39 is 23.5 Å². The smallest absolute Gasteiger partial charge is 0.340 e. The first kappa shape index (κ1) is 27.8. The SMILES string of the molecule is CCC1CCCCN1Cc1nc(Nc2ccc(C(F)(F)F)cc2)c2ccc(-c3ncccc3C(F)(F)F)cc2n1. The van der Waals surface area contributed by atoms with Gasteiger partial charge in [-0.15, -0.1) is 0 Å². The summed E-state index contributed by atoms with van der Waals surface area (Å²) in [4.78, 5) is 15.7. The molecule has 1 N–H and O–H groups in total. The van der Waals surface area contributed by atoms with Crippen molar-refractivity contribution < 1.29 is 26.3 Å². The summed E-state index contributed by atoms with van der Waals surface area (Å²) in [6.07, 6.45) is -3.53. The Hall–Kier alpha value is -3.73. The molecule has 1 aliphatic heterocycles. The lowest BCUT2D eigenvalue weighted by Crippen LogP contribution is -2.38. The number of benzene rings is 2. The molecule has 5 nitrogen and oxygen atoms in total. The zero-order chi connectivity index (χ0) is 28.5. The molecule has 3 heterocycles. The van der Waals surface area contributed by atoms with Gasteiger partial charge in [0.1, 0.15) is 11.6 Å². The summed E-state index contributed by atoms with van der Waals surface area (Å²) < 4.78 is 80.2. The van der Waals surface area contributed by atoms with Crippen LogP contribution in [-0.4, -0.2) is 32.4 Å². The molecule has 4 aromatic rings. The summed E-state index contributed by atoms with van der Waals surface area (Å²) in [5.41, 5.74) is -0.808. The van der Waals surface area contributed by atoms with Gasteiger partial charge in [-0.1, -0.05) is 19.4 Å². The first-order valence-corrected chi connectivity index (χ1v) is 13.0. The topological polar surface area (TPSA) is 53.9 Å². The second-order valence-corrected chi connectivity index (χ2v) is 9.85. The molecule has 1 unspecified atom stereocenters. The first-order valence-electron chi connectivity index (χ1n) is 13.0. The van der Waals surface area contributed by atoms with Gasteiger partial charge in [0.15, 0.2) is 0 Å². The van der Waals surface area contributed by atoms with Crippen LogP contribution in [0.25, 0.3) is 22.2 Å². The molecule has 1 aliphatic rings. The summed E-state index contributed by atoms with van der Waals surface area (Å²) in [6, 6.07) is 11.8. The predicted molar refractivity (Wildman–Crippen MR) is 141 cm³/mol. The minimum absolute atomic E-state index is 0.212. The van der Waals surface area contributed by atoms with E-state index in [1.54, 1.807) is 12.1 Å². The van der Waals surface area contributed by atoms with Crippen LogP contribution in [0.3, 0.4) is 0 Å². The first-order chi connectivity index (χ1) is 19.0. The van der Waals surface area contributed by atoms with Crippen LogP contribution in [0, 0.1) is 0 Å². The van der Waals surface area contributed by atoms with Gasteiger partial charge in [0.25, 0.3) is 0 Å². The van der Waals surface area contributed by atoms with Gasteiger partial charge in [0.05, 0.1) is 28.9 Å². The maximum Gasteiger partial charge on any atom is 0.418 e. The van der Waals surface area contributed by atoms with Gasteiger partial charge in [0, 0.05) is 28.9 Å². The number of halogens is 6. The van der Waals surface area contributed by atoms with Crippen molar-refractivity contribution in [1.82, 2.24) is 19.9 Å². The maximum absolute atomic E-state index is 13.7. The highest BCUT2D eigenvalue weighted by Crippen LogP contribution is 2.37. The molecule has 0 saturated carbocycles. The molecule has 0 amide bonds. The van der Waals surface area contributed by atoms with Crippen LogP contribution in [0.15, 0.2) is 60.8 Å². The Morgan fingerprint density at radius 3 is 2.40 bits per heavy atom. The van der Waals surface area contributed by atoms with E-state index in [-0.39, 0.29) is 11.3 Å². The van der Waals surface area contributed by atoms with Crippen molar-refractivity contribution in [3.8, 4) is 11.3 Å². The van der Waals surface area contributed by atoms with Gasteiger partial charge < -0.3 is 5.32 Å². The third-order valence-electron chi connectivity index (χ3n) is 7.17. The fourth-order valence-corrected chi connectivity index (χ4v) is 5.15. The summed E-state index contributed by atoms with van der Waals surface area (Å²) >= 11 is 0. The number of hydrogen-bond donors (Lipinski definition) is 1. The highest BCUT2D eigenvalue weighted by molar-refractivity contribution is 5.93. The molecule has 1 atom stereocenters. The van der Waals surface area contributed by atoms with Gasteiger partial charge in [-0.05, 0) is 74.3 Å². The average Bonchev–Trinajstić information content (AvgIpc) is 2.92. The zero-order valence-corrected chi connectivity index (χ0v) is 21.7. The van der Waals surface area contributed by atoms with Crippen LogP contribution >= 0.6 is 0 Å². The van der Waals surface area contributed by atoms with Crippen LogP contribution in [0.1, 0.15) is 49.6 Å². The van der Waals surface area contributed by atoms with E-state index in [0.29, 0.717) is 40.8 Å². The molecule has 11 heteroatoms. The van der Waals surface area contributed by atoms with Gasteiger partial charge in [-0.2, -0.15) is 26.3 Å². The number of anilines is 2. The third-order valence-corrected chi connectivity index (χ3v) is 7.17. The molecular formula is C29H27F6N5. The number of aromatic nitrogens is 3. The molecule has 0 bridgehead atoms. The molecule has 0 aliphatic carbocycles. The lowest BCUT2D eigenvalue weighted by molar-refractivity contribution is -0.138. The molecule has 0 radical (unpaired) electrons. The van der Waals surface area contributed by atoms with Crippen LogP contribution < -0.4 is 5.32 Å². The van der Waals surface area contributed by atoms with Crippen molar-refractivity contribution >= 4 is 22.4 Å². The van der Waals surface area contributed by atoms with E-state index in [1.807, 2.05) is 0 Å². The summed E-state index contributed by atoms with van der Waals surface area (Å²) in [5.74, 6) is 0.824. The molecule has 2 aromatic heterocycles. The van der Waals surface area contributed by atoms with E-state index in [9.17, 15) is 26.3 Å². The molecule has 2 aromatic carbocycles. The van der Waals surface area contributed by atoms with E-state index in [0.717, 1.165) is 50.4 Å². The highest BCUT2D eigenvalue weighted by Gasteiger charge is 2.34. The number of alkyl halides is 6. The minimum Gasteiger partial charge on any atom is -0.340 e. The second-order valence-electron chi connectivity index (χ2n) is 9.85. The average molecular weight is 560 g/mol. The Bertz CT molecular complexity index is 1480. The second kappa shape index (κ2) is 11.0. The molecule has 5 rings (SSSR count). The van der Waals surface area contributed by atoms with Crippen molar-refractivity contribution in [2.75, 3.05) is 11.9 Å². The van der Waals surface area contributed by atoms with Crippen molar-refractivity contribution in [1.29, 1.82) is 0 Å². The molecular weight excluding hydrogens is 532 g/mol. The predicted octanol–water partition coefficient (Wildman–Crippen LogP) is 8.24. The summed E-state index contributed by atoms with van der Waals surface area (Å²) in [7, 11) is 0. The van der Waals surface area contributed by atoms with Gasteiger partial charge in [-0.25, -0.2) is 9.97 Å². The molecule has 0 spiro atoms. The monoisotopic (exact) mass is 559 g/mol. The molecule has 40 heavy (non-hydrogen) atoms. The highest BCUT2D eigenvalue weighted by atomic mass is 19.4. The summed E-state index contributed by atoms with van der Waals surface area (Å²) in [5, 5.41) is 3.61. The van der Waals surface area contributed by atoms with Gasteiger partial charge in [0.2, 0.25) is 0 Å². The maximum atomic E-state index is 13.7. The van der Waals surface area contributed by atoms with Crippen LogP contribution in [-0.2, 0) is 18.9 Å². The Labute approximate surface area is 227 Å². The van der Waals surface area contributed by atoms with E-state index in [2.05, 4.69) is 22.1 Å². The largest absolute Gasteiger partial charge is 0.418 e. The number of piperidine rings is 1. The van der Waals surface area contributed by atoms with Gasteiger partial charge in [-0.3, -0.25) is 9.88 Å². The Kier molecular flexibility index (Phi) is 7.67. The quantitative estimate of drug-likeness (QED) is 0.241. The number of nitrogens with zero attached hydrogens (tertiary/aromatic N) is 4. The number of likely N-dealkylation sites (tertiary alicyclic amines) is 1. The van der Waals surface area contributed by atoms with E-state index >= 15 is 0 Å². The molecule has 1 fully saturated rings. The lowest BCUT2D eigenvalue weighted by Gasteiger charge is -2.34. The Morgan fingerprint density at radius 2 is 1.70 bits per heavy atom. The van der Waals surface area contributed by atoms with Crippen LogP contribution in [0.4, 0.5) is 37.8 Å². The Balaban J connectivity index is 1.58. The van der Waals surface area contributed by atoms with Crippen LogP contribution in [0.5, 0.6) is 0 Å². The fraction of sp³-hybridized carbons (Fsp3) is 0.345. The number of rotatable bonds is 6. The zero-order valence-electron chi connectivity index (χ0n) is 21.7. The number of hydrogen-bond acceptors (Lipinski definition) is 5. The minimum atomic E-state index is -4.59. The van der Waals surface area contributed by atoms with E-state index in [1.165, 1.54) is 30.5 Å². The van der Waals surface area contributed by atoms with Crippen molar-refractivity contribution in [2.45, 2.75) is 57.5 Å². The number of nitrogens with one attached hydrogen (secondary N) is 1. The lowest BCUT2D eigenvalue weighted by atomic mass is 10.00. The van der Waals surface area contributed by atoms with Crippen molar-refractivity contribution in [3.63, 3.8) is 0 Å². The number of fused-ring (bicyclic) bond motifs is 1.